The maximum atomic E-state index is 12.6. The third-order valence-electron chi connectivity index (χ3n) is 4.03. The number of nitrogens with one attached hydrogen (secondary N) is 1. The van der Waals surface area contributed by atoms with E-state index in [1.807, 2.05) is 48.7 Å². The fraction of sp³-hybridized carbons (Fsp3) is 0.200. The molecule has 0 atom stereocenters. The molecule has 0 fully saturated rings. The van der Waals surface area contributed by atoms with Gasteiger partial charge in [-0.1, -0.05) is 30.3 Å². The molecular weight excluding hydrogens is 330 g/mol. The van der Waals surface area contributed by atoms with E-state index < -0.39 is 0 Å². The monoisotopic (exact) mass is 351 g/mol. The molecule has 0 aliphatic carbocycles. The molecule has 2 aromatic carbocycles. The molecule has 5 heteroatoms. The Kier molecular flexibility index (Phi) is 5.14. The van der Waals surface area contributed by atoms with Crippen LogP contribution >= 0.6 is 11.3 Å². The molecule has 1 heterocycles. The highest BCUT2D eigenvalue weighted by molar-refractivity contribution is 7.14. The first-order valence-electron chi connectivity index (χ1n) is 8.13. The number of aryl methyl sites for hydroxylation is 2. The predicted molar refractivity (Wildman–Crippen MR) is 105 cm³/mol. The Labute approximate surface area is 152 Å². The lowest BCUT2D eigenvalue weighted by atomic mass is 10.1. The van der Waals surface area contributed by atoms with Crippen LogP contribution in [-0.4, -0.2) is 17.9 Å². The number of aromatic nitrogens is 1. The van der Waals surface area contributed by atoms with E-state index in [1.54, 1.807) is 11.9 Å². The number of anilines is 2. The first kappa shape index (κ1) is 17.2. The van der Waals surface area contributed by atoms with E-state index in [1.165, 1.54) is 16.9 Å². The average molecular weight is 351 g/mol. The fourth-order valence-corrected chi connectivity index (χ4v) is 3.28. The Bertz CT molecular complexity index is 871. The van der Waals surface area contributed by atoms with E-state index >= 15 is 0 Å². The Balaban J connectivity index is 1.65. The van der Waals surface area contributed by atoms with Gasteiger partial charge < -0.3 is 5.32 Å². The third kappa shape index (κ3) is 4.06. The van der Waals surface area contributed by atoms with Crippen molar-refractivity contribution >= 4 is 28.1 Å². The summed E-state index contributed by atoms with van der Waals surface area (Å²) in [5.74, 6) is -0.0484. The van der Waals surface area contributed by atoms with E-state index in [9.17, 15) is 4.79 Å². The molecule has 128 valence electrons. The van der Waals surface area contributed by atoms with Crippen molar-refractivity contribution < 1.29 is 4.79 Å². The van der Waals surface area contributed by atoms with Crippen LogP contribution in [-0.2, 0) is 6.54 Å². The molecule has 1 aromatic heterocycles. The zero-order valence-corrected chi connectivity index (χ0v) is 15.4. The SMILES string of the molecule is Cc1csc(N(C)C(=O)c2ccc(CNc3ccccc3C)cc2)n1. The van der Waals surface area contributed by atoms with E-state index in [4.69, 9.17) is 0 Å². The third-order valence-corrected chi connectivity index (χ3v) is 5.06. The molecule has 0 saturated carbocycles. The number of nitrogens with zero attached hydrogens (tertiary/aromatic N) is 2. The molecule has 0 spiro atoms. The number of hydrogen-bond acceptors (Lipinski definition) is 4. The van der Waals surface area contributed by atoms with Gasteiger partial charge in [0.15, 0.2) is 5.13 Å². The summed E-state index contributed by atoms with van der Waals surface area (Å²) in [5.41, 5.74) is 5.07. The lowest BCUT2D eigenvalue weighted by Crippen LogP contribution is -2.26. The summed E-state index contributed by atoms with van der Waals surface area (Å²) < 4.78 is 0. The van der Waals surface area contributed by atoms with E-state index in [-0.39, 0.29) is 5.91 Å². The van der Waals surface area contributed by atoms with E-state index in [0.29, 0.717) is 10.7 Å². The first-order valence-corrected chi connectivity index (χ1v) is 9.01. The van der Waals surface area contributed by atoms with E-state index in [2.05, 4.69) is 29.4 Å². The van der Waals surface area contributed by atoms with E-state index in [0.717, 1.165) is 23.5 Å². The summed E-state index contributed by atoms with van der Waals surface area (Å²) in [7, 11) is 1.76. The number of benzene rings is 2. The van der Waals surface area contributed by atoms with Crippen molar-refractivity contribution in [2.75, 3.05) is 17.3 Å². The number of rotatable bonds is 5. The van der Waals surface area contributed by atoms with Gasteiger partial charge in [-0.05, 0) is 43.2 Å². The summed E-state index contributed by atoms with van der Waals surface area (Å²) in [6.45, 7) is 4.73. The van der Waals surface area contributed by atoms with Gasteiger partial charge in [-0.3, -0.25) is 9.69 Å². The van der Waals surface area contributed by atoms with Crippen molar-refractivity contribution in [3.63, 3.8) is 0 Å². The number of carbonyl (C=O) groups is 1. The van der Waals surface area contributed by atoms with Gasteiger partial charge in [-0.2, -0.15) is 0 Å². The van der Waals surface area contributed by atoms with Crippen LogP contribution in [0.15, 0.2) is 53.9 Å². The van der Waals surface area contributed by atoms with Gasteiger partial charge in [0.2, 0.25) is 0 Å². The Hall–Kier alpha value is -2.66. The number of hydrogen-bond donors (Lipinski definition) is 1. The van der Waals surface area contributed by atoms with Gasteiger partial charge in [-0.15, -0.1) is 11.3 Å². The minimum atomic E-state index is -0.0484. The second-order valence-electron chi connectivity index (χ2n) is 6.00. The van der Waals surface area contributed by atoms with Crippen molar-refractivity contribution in [3.05, 3.63) is 76.3 Å². The molecule has 0 aliphatic rings. The maximum Gasteiger partial charge on any atom is 0.259 e. The number of amides is 1. The minimum absolute atomic E-state index is 0.0484. The van der Waals surface area contributed by atoms with Crippen molar-refractivity contribution in [2.24, 2.45) is 0 Å². The number of para-hydroxylation sites is 1. The minimum Gasteiger partial charge on any atom is -0.381 e. The van der Waals surface area contributed by atoms with Gasteiger partial charge >= 0.3 is 0 Å². The van der Waals surface area contributed by atoms with Crippen LogP contribution in [0.4, 0.5) is 10.8 Å². The average Bonchev–Trinajstić information content (AvgIpc) is 3.07. The lowest BCUT2D eigenvalue weighted by molar-refractivity contribution is 0.0993. The van der Waals surface area contributed by atoms with Crippen molar-refractivity contribution in [2.45, 2.75) is 20.4 Å². The second-order valence-corrected chi connectivity index (χ2v) is 6.84. The molecule has 0 radical (unpaired) electrons. The van der Waals surface area contributed by atoms with Crippen LogP contribution in [0.25, 0.3) is 0 Å². The highest BCUT2D eigenvalue weighted by atomic mass is 32.1. The van der Waals surface area contributed by atoms with Crippen LogP contribution in [0.2, 0.25) is 0 Å². The summed E-state index contributed by atoms with van der Waals surface area (Å²) >= 11 is 1.47. The molecule has 0 saturated heterocycles. The van der Waals surface area contributed by atoms with Gasteiger partial charge in [-0.25, -0.2) is 4.98 Å². The maximum absolute atomic E-state index is 12.6. The molecule has 4 nitrogen and oxygen atoms in total. The zero-order chi connectivity index (χ0) is 17.8. The largest absolute Gasteiger partial charge is 0.381 e. The predicted octanol–water partition coefficient (Wildman–Crippen LogP) is 4.65. The highest BCUT2D eigenvalue weighted by Crippen LogP contribution is 2.21. The molecule has 0 unspecified atom stereocenters. The van der Waals surface area contributed by atoms with Crippen LogP contribution in [0.3, 0.4) is 0 Å². The summed E-state index contributed by atoms with van der Waals surface area (Å²) in [4.78, 5) is 18.5. The smallest absolute Gasteiger partial charge is 0.259 e. The van der Waals surface area contributed by atoms with Gasteiger partial charge in [0, 0.05) is 30.2 Å². The van der Waals surface area contributed by atoms with Crippen LogP contribution < -0.4 is 10.2 Å². The Morgan fingerprint density at radius 3 is 2.48 bits per heavy atom. The normalized spacial score (nSPS) is 10.5. The fourth-order valence-electron chi connectivity index (χ4n) is 2.51. The van der Waals surface area contributed by atoms with Gasteiger partial charge in [0.05, 0.1) is 5.69 Å². The summed E-state index contributed by atoms with van der Waals surface area (Å²) in [6.07, 6.45) is 0. The molecule has 3 aromatic rings. The topological polar surface area (TPSA) is 45.2 Å². The highest BCUT2D eigenvalue weighted by Gasteiger charge is 2.15. The Morgan fingerprint density at radius 2 is 1.84 bits per heavy atom. The number of carbonyl (C=O) groups excluding carboxylic acids is 1. The molecule has 1 amide bonds. The quantitative estimate of drug-likeness (QED) is 0.728. The Morgan fingerprint density at radius 1 is 1.12 bits per heavy atom. The van der Waals surface area contributed by atoms with Gasteiger partial charge in [0.1, 0.15) is 0 Å². The number of thiazole rings is 1. The molecule has 25 heavy (non-hydrogen) atoms. The summed E-state index contributed by atoms with van der Waals surface area (Å²) in [6, 6.07) is 15.9. The standard InChI is InChI=1S/C20H21N3OS/c1-14-6-4-5-7-18(14)21-12-16-8-10-17(11-9-16)19(24)23(3)20-22-15(2)13-25-20/h4-11,13,21H,12H2,1-3H3. The zero-order valence-electron chi connectivity index (χ0n) is 14.6. The molecule has 0 bridgehead atoms. The van der Waals surface area contributed by atoms with Crippen LogP contribution in [0.5, 0.6) is 0 Å². The van der Waals surface area contributed by atoms with Crippen molar-refractivity contribution in [3.8, 4) is 0 Å². The van der Waals surface area contributed by atoms with Gasteiger partial charge in [0.25, 0.3) is 5.91 Å². The molecule has 1 N–H and O–H groups in total. The summed E-state index contributed by atoms with van der Waals surface area (Å²) in [5, 5.41) is 6.09. The molecular formula is C20H21N3OS. The lowest BCUT2D eigenvalue weighted by Gasteiger charge is -2.14. The second kappa shape index (κ2) is 7.49. The van der Waals surface area contributed by atoms with Crippen LogP contribution in [0, 0.1) is 13.8 Å². The van der Waals surface area contributed by atoms with Crippen LogP contribution in [0.1, 0.15) is 27.2 Å². The molecule has 3 rings (SSSR count). The van der Waals surface area contributed by atoms with Crippen molar-refractivity contribution in [1.29, 1.82) is 0 Å². The first-order chi connectivity index (χ1) is 12.0. The molecule has 0 aliphatic heterocycles. The van der Waals surface area contributed by atoms with Crippen molar-refractivity contribution in [1.82, 2.24) is 4.98 Å².